The zero-order valence-corrected chi connectivity index (χ0v) is 7.76. The minimum Gasteiger partial charge on any atom is -0.330 e. The van der Waals surface area contributed by atoms with Gasteiger partial charge in [-0.25, -0.2) is 0 Å². The van der Waals surface area contributed by atoms with Crippen molar-refractivity contribution >= 4 is 12.4 Å². The smallest absolute Gasteiger partial charge is 0.00428 e. The molecule has 1 aromatic carbocycles. The van der Waals surface area contributed by atoms with Crippen molar-refractivity contribution in [3.8, 4) is 0 Å². The van der Waals surface area contributed by atoms with E-state index in [1.165, 1.54) is 12.0 Å². The Kier molecular flexibility index (Phi) is 3.12. The summed E-state index contributed by atoms with van der Waals surface area (Å²) in [6.07, 6.45) is 1.29. The van der Waals surface area contributed by atoms with Gasteiger partial charge in [-0.15, -0.1) is 12.4 Å². The van der Waals surface area contributed by atoms with Gasteiger partial charge in [-0.05, 0) is 30.4 Å². The van der Waals surface area contributed by atoms with Gasteiger partial charge in [0, 0.05) is 0 Å². The molecule has 2 heteroatoms. The fourth-order valence-electron chi connectivity index (χ4n) is 1.62. The summed E-state index contributed by atoms with van der Waals surface area (Å²) in [5.74, 6) is 1.53. The first kappa shape index (κ1) is 9.56. The molecule has 0 bridgehead atoms. The molecular formula is C10H14ClN. The van der Waals surface area contributed by atoms with Gasteiger partial charge in [0.1, 0.15) is 0 Å². The summed E-state index contributed by atoms with van der Waals surface area (Å²) in [5.41, 5.74) is 7.02. The van der Waals surface area contributed by atoms with Gasteiger partial charge in [-0.3, -0.25) is 0 Å². The van der Waals surface area contributed by atoms with Gasteiger partial charge in [0.2, 0.25) is 0 Å². The summed E-state index contributed by atoms with van der Waals surface area (Å²) in [7, 11) is 0. The molecule has 0 aromatic heterocycles. The predicted molar refractivity (Wildman–Crippen MR) is 53.6 cm³/mol. The van der Waals surface area contributed by atoms with E-state index in [2.05, 4.69) is 30.3 Å². The highest BCUT2D eigenvalue weighted by molar-refractivity contribution is 5.85. The van der Waals surface area contributed by atoms with Crippen LogP contribution in [0.3, 0.4) is 0 Å². The molecule has 2 rings (SSSR count). The van der Waals surface area contributed by atoms with Gasteiger partial charge in [0.05, 0.1) is 0 Å². The van der Waals surface area contributed by atoms with Crippen LogP contribution in [0.2, 0.25) is 0 Å². The van der Waals surface area contributed by atoms with Crippen LogP contribution in [0.5, 0.6) is 0 Å². The quantitative estimate of drug-likeness (QED) is 0.748. The summed E-state index contributed by atoms with van der Waals surface area (Å²) in [6, 6.07) is 10.6. The second kappa shape index (κ2) is 3.92. The maximum Gasteiger partial charge on any atom is -0.00428 e. The zero-order valence-electron chi connectivity index (χ0n) is 6.94. The Hall–Kier alpha value is -0.530. The molecule has 0 aliphatic heterocycles. The molecule has 0 amide bonds. The molecule has 2 atom stereocenters. The largest absolute Gasteiger partial charge is 0.330 e. The fraction of sp³-hybridized carbons (Fsp3) is 0.400. The third-order valence-corrected chi connectivity index (χ3v) is 2.45. The number of rotatable bonds is 2. The van der Waals surface area contributed by atoms with Crippen LogP contribution in [-0.4, -0.2) is 6.54 Å². The third-order valence-electron chi connectivity index (χ3n) is 2.45. The van der Waals surface area contributed by atoms with Crippen LogP contribution in [0, 0.1) is 5.92 Å². The maximum absolute atomic E-state index is 5.56. The maximum atomic E-state index is 5.56. The molecule has 2 N–H and O–H groups in total. The lowest BCUT2D eigenvalue weighted by Crippen LogP contribution is -2.01. The molecular weight excluding hydrogens is 170 g/mol. The van der Waals surface area contributed by atoms with E-state index >= 15 is 0 Å². The van der Waals surface area contributed by atoms with Crippen LogP contribution in [0.15, 0.2) is 30.3 Å². The van der Waals surface area contributed by atoms with Gasteiger partial charge >= 0.3 is 0 Å². The molecule has 0 spiro atoms. The van der Waals surface area contributed by atoms with Crippen LogP contribution in [0.4, 0.5) is 0 Å². The Balaban J connectivity index is 0.000000720. The van der Waals surface area contributed by atoms with Crippen molar-refractivity contribution in [2.45, 2.75) is 12.3 Å². The van der Waals surface area contributed by atoms with E-state index < -0.39 is 0 Å². The predicted octanol–water partition coefficient (Wildman–Crippen LogP) is 2.17. The molecule has 0 saturated heterocycles. The topological polar surface area (TPSA) is 26.0 Å². The SMILES string of the molecule is Cl.NCC1CC1c1ccccc1. The first-order valence-corrected chi connectivity index (χ1v) is 4.17. The second-order valence-electron chi connectivity index (χ2n) is 3.25. The van der Waals surface area contributed by atoms with Gasteiger partial charge in [-0.2, -0.15) is 0 Å². The fourth-order valence-corrected chi connectivity index (χ4v) is 1.62. The van der Waals surface area contributed by atoms with Gasteiger partial charge in [-0.1, -0.05) is 30.3 Å². The summed E-state index contributed by atoms with van der Waals surface area (Å²) < 4.78 is 0. The Morgan fingerprint density at radius 3 is 2.42 bits per heavy atom. The lowest BCUT2D eigenvalue weighted by atomic mass is 10.1. The van der Waals surface area contributed by atoms with Crippen LogP contribution in [-0.2, 0) is 0 Å². The van der Waals surface area contributed by atoms with E-state index in [-0.39, 0.29) is 12.4 Å². The molecule has 2 unspecified atom stereocenters. The van der Waals surface area contributed by atoms with Crippen molar-refractivity contribution in [3.63, 3.8) is 0 Å². The van der Waals surface area contributed by atoms with Crippen molar-refractivity contribution in [1.82, 2.24) is 0 Å². The summed E-state index contributed by atoms with van der Waals surface area (Å²) in [4.78, 5) is 0. The van der Waals surface area contributed by atoms with E-state index in [0.29, 0.717) is 0 Å². The molecule has 1 saturated carbocycles. The van der Waals surface area contributed by atoms with Crippen LogP contribution >= 0.6 is 12.4 Å². The Morgan fingerprint density at radius 1 is 1.25 bits per heavy atom. The first-order chi connectivity index (χ1) is 5.42. The average Bonchev–Trinajstić information content (AvgIpc) is 2.85. The van der Waals surface area contributed by atoms with E-state index in [1.54, 1.807) is 0 Å². The molecule has 12 heavy (non-hydrogen) atoms. The van der Waals surface area contributed by atoms with Crippen molar-refractivity contribution in [2.75, 3.05) is 6.54 Å². The lowest BCUT2D eigenvalue weighted by molar-refractivity contribution is 0.810. The molecule has 1 fully saturated rings. The summed E-state index contributed by atoms with van der Waals surface area (Å²) in [5, 5.41) is 0. The van der Waals surface area contributed by atoms with Crippen LogP contribution in [0.1, 0.15) is 17.9 Å². The van der Waals surface area contributed by atoms with Gasteiger partial charge in [0.15, 0.2) is 0 Å². The standard InChI is InChI=1S/C10H13N.ClH/c11-7-9-6-10(9)8-4-2-1-3-5-8;/h1-5,9-10H,6-7,11H2;1H. The van der Waals surface area contributed by atoms with E-state index in [1.807, 2.05) is 0 Å². The van der Waals surface area contributed by atoms with Crippen molar-refractivity contribution < 1.29 is 0 Å². The van der Waals surface area contributed by atoms with E-state index in [4.69, 9.17) is 5.73 Å². The first-order valence-electron chi connectivity index (χ1n) is 4.17. The Morgan fingerprint density at radius 2 is 1.92 bits per heavy atom. The van der Waals surface area contributed by atoms with Gasteiger partial charge in [0.25, 0.3) is 0 Å². The number of benzene rings is 1. The number of hydrogen-bond acceptors (Lipinski definition) is 1. The second-order valence-corrected chi connectivity index (χ2v) is 3.25. The molecule has 66 valence electrons. The highest BCUT2D eigenvalue weighted by Crippen LogP contribution is 2.46. The van der Waals surface area contributed by atoms with E-state index in [9.17, 15) is 0 Å². The molecule has 0 radical (unpaired) electrons. The van der Waals surface area contributed by atoms with Gasteiger partial charge < -0.3 is 5.73 Å². The highest BCUT2D eigenvalue weighted by Gasteiger charge is 2.36. The van der Waals surface area contributed by atoms with Crippen molar-refractivity contribution in [1.29, 1.82) is 0 Å². The highest BCUT2D eigenvalue weighted by atomic mass is 35.5. The zero-order chi connectivity index (χ0) is 7.68. The monoisotopic (exact) mass is 183 g/mol. The van der Waals surface area contributed by atoms with Crippen LogP contribution in [0.25, 0.3) is 0 Å². The summed E-state index contributed by atoms with van der Waals surface area (Å²) >= 11 is 0. The minimum absolute atomic E-state index is 0. The number of hydrogen-bond donors (Lipinski definition) is 1. The van der Waals surface area contributed by atoms with Crippen LogP contribution < -0.4 is 5.73 Å². The molecule has 0 heterocycles. The number of nitrogens with two attached hydrogens (primary N) is 1. The number of halogens is 1. The normalized spacial score (nSPS) is 26.1. The third kappa shape index (κ3) is 1.79. The average molecular weight is 184 g/mol. The van der Waals surface area contributed by atoms with Crippen molar-refractivity contribution in [3.05, 3.63) is 35.9 Å². The lowest BCUT2D eigenvalue weighted by Gasteiger charge is -1.96. The molecule has 1 aliphatic carbocycles. The minimum atomic E-state index is 0. The summed E-state index contributed by atoms with van der Waals surface area (Å²) in [6.45, 7) is 0.847. The molecule has 1 nitrogen and oxygen atoms in total. The Labute approximate surface area is 79.4 Å². The Bertz CT molecular complexity index is 235. The van der Waals surface area contributed by atoms with Crippen molar-refractivity contribution in [2.24, 2.45) is 11.7 Å². The molecule has 1 aromatic rings. The molecule has 1 aliphatic rings. The van der Waals surface area contributed by atoms with E-state index in [0.717, 1.165) is 18.4 Å².